The van der Waals surface area contributed by atoms with E-state index < -0.39 is 0 Å². The van der Waals surface area contributed by atoms with Gasteiger partial charge in [0.2, 0.25) is 0 Å². The molecule has 3 aromatic rings. The lowest BCUT2D eigenvalue weighted by Crippen LogP contribution is -2.28. The minimum Gasteiger partial charge on any atom is -0.494 e. The molecule has 1 N–H and O–H groups in total. The van der Waals surface area contributed by atoms with E-state index in [4.69, 9.17) is 4.74 Å². The summed E-state index contributed by atoms with van der Waals surface area (Å²) in [6.07, 6.45) is 7.99. The summed E-state index contributed by atoms with van der Waals surface area (Å²) in [6.45, 7) is 2.98. The van der Waals surface area contributed by atoms with Crippen LogP contribution in [0.4, 0.5) is 5.69 Å². The van der Waals surface area contributed by atoms with E-state index in [9.17, 15) is 0 Å². The Kier molecular flexibility index (Phi) is 5.15. The van der Waals surface area contributed by atoms with Crippen LogP contribution in [0.2, 0.25) is 0 Å². The summed E-state index contributed by atoms with van der Waals surface area (Å²) in [7, 11) is 0. The topological polar surface area (TPSA) is 21.3 Å². The highest BCUT2D eigenvalue weighted by Gasteiger charge is 2.39. The number of aryl methyl sites for hydroxylation is 2. The van der Waals surface area contributed by atoms with Gasteiger partial charge in [0.15, 0.2) is 0 Å². The fourth-order valence-corrected chi connectivity index (χ4v) is 5.79. The van der Waals surface area contributed by atoms with Crippen molar-refractivity contribution in [3.05, 3.63) is 93.7 Å². The van der Waals surface area contributed by atoms with E-state index in [-0.39, 0.29) is 0 Å². The molecule has 0 spiro atoms. The number of rotatable bonds is 6. The van der Waals surface area contributed by atoms with Crippen LogP contribution in [0.3, 0.4) is 0 Å². The number of anilines is 1. The van der Waals surface area contributed by atoms with Gasteiger partial charge in [-0.25, -0.2) is 0 Å². The normalized spacial score (nSPS) is 22.0. The summed E-state index contributed by atoms with van der Waals surface area (Å²) in [6, 6.07) is 19.9. The molecule has 0 saturated heterocycles. The second kappa shape index (κ2) is 8.08. The van der Waals surface area contributed by atoms with Crippen LogP contribution in [0.1, 0.15) is 46.4 Å². The highest BCUT2D eigenvalue weighted by atomic mass is 32.1. The van der Waals surface area contributed by atoms with E-state index in [1.54, 1.807) is 0 Å². The molecule has 148 valence electrons. The van der Waals surface area contributed by atoms with Crippen LogP contribution in [0.15, 0.2) is 72.1 Å². The lowest BCUT2D eigenvalue weighted by Gasteiger charge is -2.37. The van der Waals surface area contributed by atoms with Crippen molar-refractivity contribution < 1.29 is 4.74 Å². The molecule has 0 bridgehead atoms. The van der Waals surface area contributed by atoms with Crippen molar-refractivity contribution >= 4 is 17.0 Å². The molecule has 2 heterocycles. The SMILES string of the molecule is Cc1ccsc1C1Nc2ccc(OCCCc3ccccc3)cc2C2C=CCC21. The second-order valence-electron chi connectivity index (χ2n) is 8.13. The lowest BCUT2D eigenvalue weighted by molar-refractivity contribution is 0.310. The quantitative estimate of drug-likeness (QED) is 0.358. The molecule has 0 saturated carbocycles. The predicted octanol–water partition coefficient (Wildman–Crippen LogP) is 6.89. The van der Waals surface area contributed by atoms with Gasteiger partial charge < -0.3 is 10.1 Å². The first-order chi connectivity index (χ1) is 14.3. The number of hydrogen-bond acceptors (Lipinski definition) is 3. The molecule has 0 radical (unpaired) electrons. The van der Waals surface area contributed by atoms with Gasteiger partial charge in [0.1, 0.15) is 5.75 Å². The molecule has 2 aromatic carbocycles. The van der Waals surface area contributed by atoms with Crippen LogP contribution < -0.4 is 10.1 Å². The fraction of sp³-hybridized carbons (Fsp3) is 0.308. The molecule has 0 fully saturated rings. The molecular formula is C26H27NOS. The lowest BCUT2D eigenvalue weighted by atomic mass is 9.78. The minimum absolute atomic E-state index is 0.403. The molecule has 1 aliphatic heterocycles. The highest BCUT2D eigenvalue weighted by Crippen LogP contribution is 2.51. The van der Waals surface area contributed by atoms with Crippen molar-refractivity contribution in [3.63, 3.8) is 0 Å². The molecule has 0 amide bonds. The van der Waals surface area contributed by atoms with Gasteiger partial charge in [-0.05, 0) is 78.4 Å². The Morgan fingerprint density at radius 2 is 2.00 bits per heavy atom. The average Bonchev–Trinajstić information content (AvgIpc) is 3.41. The number of ether oxygens (including phenoxy) is 1. The summed E-state index contributed by atoms with van der Waals surface area (Å²) < 4.78 is 6.11. The monoisotopic (exact) mass is 401 g/mol. The van der Waals surface area contributed by atoms with Gasteiger partial charge in [0, 0.05) is 16.5 Å². The van der Waals surface area contributed by atoms with Crippen LogP contribution in [0.5, 0.6) is 5.75 Å². The fourth-order valence-electron chi connectivity index (χ4n) is 4.74. The predicted molar refractivity (Wildman–Crippen MR) is 122 cm³/mol. The first kappa shape index (κ1) is 18.5. The maximum Gasteiger partial charge on any atom is 0.119 e. The van der Waals surface area contributed by atoms with Gasteiger partial charge in [-0.15, -0.1) is 11.3 Å². The molecule has 29 heavy (non-hydrogen) atoms. The Morgan fingerprint density at radius 3 is 2.83 bits per heavy atom. The molecule has 1 aromatic heterocycles. The third-order valence-corrected chi connectivity index (χ3v) is 7.34. The Balaban J connectivity index is 1.29. The van der Waals surface area contributed by atoms with E-state index in [2.05, 4.69) is 84.4 Å². The molecule has 3 unspecified atom stereocenters. The van der Waals surface area contributed by atoms with Crippen LogP contribution in [0.25, 0.3) is 0 Å². The minimum atomic E-state index is 0.403. The Bertz CT molecular complexity index is 1010. The molecule has 3 heteroatoms. The van der Waals surface area contributed by atoms with Crippen molar-refractivity contribution in [1.82, 2.24) is 0 Å². The summed E-state index contributed by atoms with van der Waals surface area (Å²) in [5, 5.41) is 6.06. The standard InChI is InChI=1S/C26H27NOS/c1-18-14-16-29-26(18)25-22-11-5-10-21(22)23-17-20(12-13-24(23)27-25)28-15-6-9-19-7-3-2-4-8-19/h2-5,7-8,10,12-14,16-17,21-22,25,27H,6,9,11,15H2,1H3. The third-order valence-electron chi connectivity index (χ3n) is 6.24. The van der Waals surface area contributed by atoms with Crippen LogP contribution in [-0.2, 0) is 6.42 Å². The first-order valence-electron chi connectivity index (χ1n) is 10.6. The van der Waals surface area contributed by atoms with Crippen molar-refractivity contribution in [2.45, 2.75) is 38.1 Å². The van der Waals surface area contributed by atoms with Crippen LogP contribution >= 0.6 is 11.3 Å². The number of thiophene rings is 1. The number of allylic oxidation sites excluding steroid dienone is 2. The molecule has 2 nitrogen and oxygen atoms in total. The summed E-state index contributed by atoms with van der Waals surface area (Å²) in [4.78, 5) is 1.48. The van der Waals surface area contributed by atoms with E-state index in [1.807, 2.05) is 11.3 Å². The highest BCUT2D eigenvalue weighted by molar-refractivity contribution is 7.10. The van der Waals surface area contributed by atoms with Gasteiger partial charge in [-0.2, -0.15) is 0 Å². The number of nitrogens with one attached hydrogen (secondary N) is 1. The van der Waals surface area contributed by atoms with E-state index in [1.165, 1.54) is 27.3 Å². The van der Waals surface area contributed by atoms with Crippen LogP contribution in [0, 0.1) is 12.8 Å². The third kappa shape index (κ3) is 3.72. The first-order valence-corrected chi connectivity index (χ1v) is 11.5. The molecule has 1 aliphatic carbocycles. The van der Waals surface area contributed by atoms with Crippen molar-refractivity contribution in [3.8, 4) is 5.75 Å². The molecule has 5 rings (SSSR count). The summed E-state index contributed by atoms with van der Waals surface area (Å²) >= 11 is 1.88. The Morgan fingerprint density at radius 1 is 1.10 bits per heavy atom. The molecule has 3 atom stereocenters. The van der Waals surface area contributed by atoms with Gasteiger partial charge >= 0.3 is 0 Å². The van der Waals surface area contributed by atoms with Crippen molar-refractivity contribution in [2.24, 2.45) is 5.92 Å². The Labute approximate surface area is 177 Å². The van der Waals surface area contributed by atoms with Gasteiger partial charge in [-0.3, -0.25) is 0 Å². The second-order valence-corrected chi connectivity index (χ2v) is 9.08. The van der Waals surface area contributed by atoms with Gasteiger partial charge in [0.05, 0.1) is 12.6 Å². The summed E-state index contributed by atoms with van der Waals surface area (Å²) in [5.41, 5.74) is 5.42. The van der Waals surface area contributed by atoms with Crippen LogP contribution in [-0.4, -0.2) is 6.61 Å². The maximum atomic E-state index is 6.11. The smallest absolute Gasteiger partial charge is 0.119 e. The zero-order valence-electron chi connectivity index (χ0n) is 16.8. The molecular weight excluding hydrogens is 374 g/mol. The molecule has 2 aliphatic rings. The number of hydrogen-bond donors (Lipinski definition) is 1. The maximum absolute atomic E-state index is 6.11. The van der Waals surface area contributed by atoms with Gasteiger partial charge in [-0.1, -0.05) is 42.5 Å². The van der Waals surface area contributed by atoms with Crippen molar-refractivity contribution in [2.75, 3.05) is 11.9 Å². The summed E-state index contributed by atoms with van der Waals surface area (Å²) in [5.74, 6) is 2.06. The van der Waals surface area contributed by atoms with E-state index in [0.717, 1.165) is 31.6 Å². The number of benzene rings is 2. The zero-order chi connectivity index (χ0) is 19.6. The van der Waals surface area contributed by atoms with Crippen molar-refractivity contribution in [1.29, 1.82) is 0 Å². The van der Waals surface area contributed by atoms with Gasteiger partial charge in [0.25, 0.3) is 0 Å². The average molecular weight is 402 g/mol. The zero-order valence-corrected chi connectivity index (χ0v) is 17.6. The van der Waals surface area contributed by atoms with E-state index in [0.29, 0.717) is 17.9 Å². The van der Waals surface area contributed by atoms with E-state index >= 15 is 0 Å². The largest absolute Gasteiger partial charge is 0.494 e. The Hall–Kier alpha value is -2.52. The number of fused-ring (bicyclic) bond motifs is 3.